The topological polar surface area (TPSA) is 61.8 Å². The third kappa shape index (κ3) is 5.80. The van der Waals surface area contributed by atoms with Crippen LogP contribution in [0.3, 0.4) is 0 Å². The molecule has 1 amide bonds. The molecule has 1 aliphatic heterocycles. The van der Waals surface area contributed by atoms with Crippen LogP contribution in [0.1, 0.15) is 18.1 Å². The fraction of sp³-hybridized carbons (Fsp3) is 0.269. The van der Waals surface area contributed by atoms with E-state index < -0.39 is 29.8 Å². The number of hydrogen-bond donors (Lipinski definition) is 2. The van der Waals surface area contributed by atoms with Crippen molar-refractivity contribution in [2.24, 2.45) is 0 Å². The van der Waals surface area contributed by atoms with Gasteiger partial charge in [0, 0.05) is 28.6 Å². The second-order valence-electron chi connectivity index (χ2n) is 8.40. The predicted molar refractivity (Wildman–Crippen MR) is 129 cm³/mol. The quantitative estimate of drug-likeness (QED) is 0.470. The number of ether oxygens (including phenoxy) is 1. The molecule has 0 unspecified atom stereocenters. The second kappa shape index (κ2) is 10.3. The molecule has 1 aliphatic rings. The molecule has 3 aromatic carbocycles. The number of carbonyl (C=O) groups is 1. The molecule has 0 bridgehead atoms. The first-order valence-electron chi connectivity index (χ1n) is 11.0. The van der Waals surface area contributed by atoms with Gasteiger partial charge in [0.2, 0.25) is 5.91 Å². The smallest absolute Gasteiger partial charge is 0.417 e. The van der Waals surface area contributed by atoms with Gasteiger partial charge in [0.15, 0.2) is 0 Å². The highest BCUT2D eigenvalue weighted by Gasteiger charge is 2.41. The number of piperazine rings is 1. The molecule has 3 aromatic rings. The van der Waals surface area contributed by atoms with Crippen LogP contribution >= 0.6 is 11.8 Å². The molecular formula is C26H25F3N2O3S. The van der Waals surface area contributed by atoms with Gasteiger partial charge < -0.3 is 14.7 Å². The Bertz CT molecular complexity index is 1190. The van der Waals surface area contributed by atoms with E-state index in [0.717, 1.165) is 23.4 Å². The van der Waals surface area contributed by atoms with Gasteiger partial charge in [-0.15, -0.1) is 0 Å². The average molecular weight is 503 g/mol. The van der Waals surface area contributed by atoms with Crippen LogP contribution in [-0.4, -0.2) is 36.2 Å². The van der Waals surface area contributed by atoms with Crippen molar-refractivity contribution in [1.29, 1.82) is 0 Å². The molecule has 1 atom stereocenters. The summed E-state index contributed by atoms with van der Waals surface area (Å²) in [5, 5.41) is 12.5. The van der Waals surface area contributed by atoms with Gasteiger partial charge in [0.1, 0.15) is 17.9 Å². The molecule has 35 heavy (non-hydrogen) atoms. The van der Waals surface area contributed by atoms with Crippen LogP contribution in [0.5, 0.6) is 5.75 Å². The summed E-state index contributed by atoms with van der Waals surface area (Å²) in [5.74, 6) is 0.0850. The highest BCUT2D eigenvalue weighted by atomic mass is 32.2. The lowest BCUT2D eigenvalue weighted by atomic mass is 9.98. The van der Waals surface area contributed by atoms with Crippen molar-refractivity contribution in [1.82, 2.24) is 5.32 Å². The van der Waals surface area contributed by atoms with Crippen LogP contribution in [0.15, 0.2) is 82.6 Å². The summed E-state index contributed by atoms with van der Waals surface area (Å²) in [7, 11) is 0. The minimum Gasteiger partial charge on any atom is -0.489 e. The number of halogens is 3. The van der Waals surface area contributed by atoms with Crippen molar-refractivity contribution in [2.45, 2.75) is 35.0 Å². The molecule has 0 spiro atoms. The highest BCUT2D eigenvalue weighted by Crippen LogP contribution is 2.42. The fourth-order valence-corrected chi connectivity index (χ4v) is 4.78. The number of amides is 1. The molecule has 0 radical (unpaired) electrons. The molecule has 0 aromatic heterocycles. The predicted octanol–water partition coefficient (Wildman–Crippen LogP) is 5.12. The van der Waals surface area contributed by atoms with Crippen molar-refractivity contribution >= 4 is 23.4 Å². The Morgan fingerprint density at radius 2 is 1.86 bits per heavy atom. The zero-order chi connectivity index (χ0) is 25.1. The van der Waals surface area contributed by atoms with Gasteiger partial charge in [0.05, 0.1) is 12.2 Å². The van der Waals surface area contributed by atoms with E-state index in [-0.39, 0.29) is 17.1 Å². The third-order valence-electron chi connectivity index (χ3n) is 5.75. The van der Waals surface area contributed by atoms with Crippen LogP contribution in [0, 0.1) is 0 Å². The van der Waals surface area contributed by atoms with Crippen LogP contribution in [0.2, 0.25) is 0 Å². The lowest BCUT2D eigenvalue weighted by molar-refractivity contribution is -0.139. The van der Waals surface area contributed by atoms with Crippen LogP contribution in [0.4, 0.5) is 18.9 Å². The number of anilines is 1. The first-order chi connectivity index (χ1) is 16.7. The SMILES string of the molecule is C[C@@]1(CO)NCCN(c2ccc(Sc3cccc(OCc4ccccc4)c3)c(C(F)(F)F)c2)C1=O. The van der Waals surface area contributed by atoms with Crippen molar-refractivity contribution in [3.8, 4) is 5.75 Å². The fourth-order valence-electron chi connectivity index (χ4n) is 3.78. The van der Waals surface area contributed by atoms with E-state index in [4.69, 9.17) is 4.74 Å². The number of aliphatic hydroxyl groups excluding tert-OH is 1. The Hall–Kier alpha value is -3.01. The maximum absolute atomic E-state index is 14.0. The van der Waals surface area contributed by atoms with Crippen molar-refractivity contribution < 1.29 is 27.8 Å². The molecule has 0 aliphatic carbocycles. The third-order valence-corrected chi connectivity index (χ3v) is 6.81. The number of hydrogen-bond acceptors (Lipinski definition) is 5. The Morgan fingerprint density at radius 1 is 1.09 bits per heavy atom. The first-order valence-corrected chi connectivity index (χ1v) is 11.8. The van der Waals surface area contributed by atoms with E-state index in [2.05, 4.69) is 5.32 Å². The van der Waals surface area contributed by atoms with E-state index >= 15 is 0 Å². The molecule has 184 valence electrons. The molecule has 0 saturated carbocycles. The monoisotopic (exact) mass is 502 g/mol. The molecular weight excluding hydrogens is 477 g/mol. The summed E-state index contributed by atoms with van der Waals surface area (Å²) in [6.07, 6.45) is -4.61. The maximum Gasteiger partial charge on any atom is 0.417 e. The molecule has 4 rings (SSSR count). The highest BCUT2D eigenvalue weighted by molar-refractivity contribution is 7.99. The number of alkyl halides is 3. The minimum absolute atomic E-state index is 0.0222. The first kappa shape index (κ1) is 25.1. The largest absolute Gasteiger partial charge is 0.489 e. The Kier molecular flexibility index (Phi) is 7.39. The van der Waals surface area contributed by atoms with E-state index in [1.54, 1.807) is 24.3 Å². The number of rotatable bonds is 7. The standard InChI is InChI=1S/C26H25F3N2O3S/c1-25(17-32)24(33)31(13-12-30-25)19-10-11-23(22(14-19)26(27,28)29)35-21-9-5-8-20(15-21)34-16-18-6-3-2-4-7-18/h2-11,14-15,30,32H,12-13,16-17H2,1H3/t25-/m0/s1. The van der Waals surface area contributed by atoms with Gasteiger partial charge in [0.25, 0.3) is 0 Å². The van der Waals surface area contributed by atoms with Crippen LogP contribution in [-0.2, 0) is 17.6 Å². The van der Waals surface area contributed by atoms with Crippen molar-refractivity contribution in [3.63, 3.8) is 0 Å². The number of carbonyl (C=O) groups excluding carboxylic acids is 1. The molecule has 1 heterocycles. The lowest BCUT2D eigenvalue weighted by Gasteiger charge is -2.39. The summed E-state index contributed by atoms with van der Waals surface area (Å²) in [6, 6.07) is 20.4. The average Bonchev–Trinajstić information content (AvgIpc) is 2.85. The summed E-state index contributed by atoms with van der Waals surface area (Å²) in [4.78, 5) is 14.7. The summed E-state index contributed by atoms with van der Waals surface area (Å²) >= 11 is 0.982. The Balaban J connectivity index is 1.57. The Morgan fingerprint density at radius 3 is 2.57 bits per heavy atom. The van der Waals surface area contributed by atoms with E-state index in [9.17, 15) is 23.1 Å². The summed E-state index contributed by atoms with van der Waals surface area (Å²) < 4.78 is 47.8. The maximum atomic E-state index is 14.0. The van der Waals surface area contributed by atoms with E-state index in [0.29, 0.717) is 23.8 Å². The summed E-state index contributed by atoms with van der Waals surface area (Å²) in [6.45, 7) is 1.99. The molecule has 5 nitrogen and oxygen atoms in total. The second-order valence-corrected chi connectivity index (χ2v) is 9.52. The number of benzene rings is 3. The number of nitrogens with one attached hydrogen (secondary N) is 1. The lowest BCUT2D eigenvalue weighted by Crippen LogP contribution is -2.65. The van der Waals surface area contributed by atoms with Gasteiger partial charge in [-0.05, 0) is 48.9 Å². The van der Waals surface area contributed by atoms with E-state index in [1.807, 2.05) is 30.3 Å². The van der Waals surface area contributed by atoms with Gasteiger partial charge in [-0.2, -0.15) is 13.2 Å². The molecule has 9 heteroatoms. The van der Waals surface area contributed by atoms with E-state index in [1.165, 1.54) is 24.0 Å². The van der Waals surface area contributed by atoms with Gasteiger partial charge >= 0.3 is 6.18 Å². The number of aliphatic hydroxyl groups is 1. The summed E-state index contributed by atoms with van der Waals surface area (Å²) in [5.41, 5.74) is -0.926. The van der Waals surface area contributed by atoms with Gasteiger partial charge in [-0.25, -0.2) is 0 Å². The normalized spacial score (nSPS) is 18.5. The molecule has 1 fully saturated rings. The van der Waals surface area contributed by atoms with Crippen molar-refractivity contribution in [3.05, 3.63) is 83.9 Å². The zero-order valence-corrected chi connectivity index (χ0v) is 19.8. The van der Waals surface area contributed by atoms with Crippen LogP contribution < -0.4 is 15.0 Å². The minimum atomic E-state index is -4.61. The van der Waals surface area contributed by atoms with Crippen molar-refractivity contribution in [2.75, 3.05) is 24.6 Å². The molecule has 1 saturated heterocycles. The Labute approximate surface area is 205 Å². The van der Waals surface area contributed by atoms with Gasteiger partial charge in [-0.3, -0.25) is 10.1 Å². The number of nitrogens with zero attached hydrogens (tertiary/aromatic N) is 1. The molecule has 2 N–H and O–H groups in total. The van der Waals surface area contributed by atoms with Gasteiger partial charge in [-0.1, -0.05) is 48.2 Å². The zero-order valence-electron chi connectivity index (χ0n) is 19.0. The van der Waals surface area contributed by atoms with Crippen LogP contribution in [0.25, 0.3) is 0 Å².